The Morgan fingerprint density at radius 1 is 1.40 bits per heavy atom. The number of hydrogen-bond donors (Lipinski definition) is 1. The fraction of sp³-hybridized carbons (Fsp3) is 0.529. The van der Waals surface area contributed by atoms with E-state index in [1.807, 2.05) is 27.7 Å². The Kier molecular flexibility index (Phi) is 5.61. The molecular weight excluding hydrogens is 322 g/mol. The number of nitrogens with one attached hydrogen (secondary N) is 1. The summed E-state index contributed by atoms with van der Waals surface area (Å²) in [6, 6.07) is 1.77. The molecule has 8 heteroatoms. The highest BCUT2D eigenvalue weighted by Gasteiger charge is 2.21. The third-order valence-electron chi connectivity index (χ3n) is 3.37. The molecule has 0 saturated heterocycles. The first-order chi connectivity index (χ1) is 11.7. The molecule has 1 N–H and O–H groups in total. The fourth-order valence-electron chi connectivity index (χ4n) is 2.24. The van der Waals surface area contributed by atoms with Crippen LogP contribution < -0.4 is 5.32 Å². The van der Waals surface area contributed by atoms with Gasteiger partial charge in [-0.25, -0.2) is 14.8 Å². The third kappa shape index (κ3) is 5.44. The number of aromatic nitrogens is 3. The molecule has 0 aliphatic heterocycles. The van der Waals surface area contributed by atoms with Crippen molar-refractivity contribution in [3.8, 4) is 0 Å². The summed E-state index contributed by atoms with van der Waals surface area (Å²) in [6.45, 7) is 8.33. The van der Waals surface area contributed by atoms with Crippen LogP contribution in [0.4, 0.5) is 4.79 Å². The predicted molar refractivity (Wildman–Crippen MR) is 93.3 cm³/mol. The van der Waals surface area contributed by atoms with E-state index in [-0.39, 0.29) is 17.9 Å². The van der Waals surface area contributed by atoms with Crippen molar-refractivity contribution in [3.63, 3.8) is 0 Å². The zero-order chi connectivity index (χ0) is 18.6. The molecule has 0 spiro atoms. The van der Waals surface area contributed by atoms with Crippen molar-refractivity contribution in [1.82, 2.24) is 24.6 Å². The fourth-order valence-corrected chi connectivity index (χ4v) is 2.24. The second kappa shape index (κ2) is 7.50. The molecule has 0 radical (unpaired) electrons. The van der Waals surface area contributed by atoms with Crippen LogP contribution in [0.1, 0.15) is 38.2 Å². The van der Waals surface area contributed by atoms with Crippen LogP contribution in [0, 0.1) is 5.92 Å². The average Bonchev–Trinajstić information content (AvgIpc) is 2.95. The van der Waals surface area contributed by atoms with Gasteiger partial charge in [0.2, 0.25) is 5.78 Å². The van der Waals surface area contributed by atoms with E-state index in [9.17, 15) is 9.59 Å². The summed E-state index contributed by atoms with van der Waals surface area (Å²) in [5, 5.41) is 2.83. The zero-order valence-electron chi connectivity index (χ0n) is 15.3. The molecule has 2 aromatic heterocycles. The van der Waals surface area contributed by atoms with E-state index in [4.69, 9.17) is 4.74 Å². The van der Waals surface area contributed by atoms with Gasteiger partial charge in [-0.05, 0) is 32.8 Å². The van der Waals surface area contributed by atoms with Crippen molar-refractivity contribution in [3.05, 3.63) is 30.4 Å². The van der Waals surface area contributed by atoms with E-state index in [1.54, 1.807) is 36.1 Å². The first kappa shape index (κ1) is 18.7. The lowest BCUT2D eigenvalue weighted by Crippen LogP contribution is -2.39. The Labute approximate surface area is 147 Å². The molecule has 0 aliphatic carbocycles. The standard InChI is InChI=1S/C17H25N5O3/c1-12(10-21(5)16(24)25-17(2,3)4)9-19-14(23)13-11-22-8-6-7-18-15(22)20-13/h6-8,11-12H,9-10H2,1-5H3,(H,19,23). The maximum absolute atomic E-state index is 12.2. The molecule has 0 fully saturated rings. The maximum atomic E-state index is 12.2. The lowest BCUT2D eigenvalue weighted by molar-refractivity contribution is 0.0277. The Bertz CT molecular complexity index is 717. The van der Waals surface area contributed by atoms with Crippen LogP contribution in [0.25, 0.3) is 5.78 Å². The topological polar surface area (TPSA) is 88.8 Å². The van der Waals surface area contributed by atoms with Crippen LogP contribution in [-0.2, 0) is 4.74 Å². The van der Waals surface area contributed by atoms with Gasteiger partial charge in [0.05, 0.1) is 0 Å². The number of imidazole rings is 1. The van der Waals surface area contributed by atoms with Crippen LogP contribution in [0.5, 0.6) is 0 Å². The molecular formula is C17H25N5O3. The monoisotopic (exact) mass is 347 g/mol. The molecule has 8 nitrogen and oxygen atoms in total. The lowest BCUT2D eigenvalue weighted by Gasteiger charge is -2.26. The SMILES string of the molecule is CC(CNC(=O)c1cn2cccnc2n1)CN(C)C(=O)OC(C)(C)C. The van der Waals surface area contributed by atoms with E-state index in [1.165, 1.54) is 4.90 Å². The van der Waals surface area contributed by atoms with Gasteiger partial charge in [-0.15, -0.1) is 0 Å². The number of carbonyl (C=O) groups is 2. The minimum atomic E-state index is -0.528. The van der Waals surface area contributed by atoms with Crippen LogP contribution in [0.3, 0.4) is 0 Å². The van der Waals surface area contributed by atoms with Crippen LogP contribution in [0.15, 0.2) is 24.7 Å². The summed E-state index contributed by atoms with van der Waals surface area (Å²) >= 11 is 0. The molecule has 136 valence electrons. The Balaban J connectivity index is 1.83. The minimum Gasteiger partial charge on any atom is -0.444 e. The lowest BCUT2D eigenvalue weighted by atomic mass is 10.1. The highest BCUT2D eigenvalue weighted by molar-refractivity contribution is 5.92. The van der Waals surface area contributed by atoms with Gasteiger partial charge in [0.15, 0.2) is 0 Å². The Morgan fingerprint density at radius 3 is 2.76 bits per heavy atom. The minimum absolute atomic E-state index is 0.0663. The van der Waals surface area contributed by atoms with Crippen LogP contribution in [-0.4, -0.2) is 57.0 Å². The molecule has 2 aromatic rings. The average molecular weight is 347 g/mol. The van der Waals surface area contributed by atoms with E-state index >= 15 is 0 Å². The largest absolute Gasteiger partial charge is 0.444 e. The maximum Gasteiger partial charge on any atom is 0.410 e. The normalized spacial score (nSPS) is 12.7. The number of fused-ring (bicyclic) bond motifs is 1. The summed E-state index contributed by atoms with van der Waals surface area (Å²) in [5.41, 5.74) is -0.216. The van der Waals surface area contributed by atoms with E-state index in [0.29, 0.717) is 24.6 Å². The van der Waals surface area contributed by atoms with Gasteiger partial charge in [-0.3, -0.25) is 9.20 Å². The molecule has 0 saturated carbocycles. The molecule has 2 heterocycles. The van der Waals surface area contributed by atoms with Crippen molar-refractivity contribution >= 4 is 17.8 Å². The molecule has 1 atom stereocenters. The van der Waals surface area contributed by atoms with E-state index in [0.717, 1.165) is 0 Å². The van der Waals surface area contributed by atoms with Gasteiger partial charge in [-0.2, -0.15) is 0 Å². The number of ether oxygens (including phenoxy) is 1. The van der Waals surface area contributed by atoms with Gasteiger partial charge in [-0.1, -0.05) is 6.92 Å². The summed E-state index contributed by atoms with van der Waals surface area (Å²) in [7, 11) is 1.68. The van der Waals surface area contributed by atoms with Gasteiger partial charge in [0.1, 0.15) is 11.3 Å². The summed E-state index contributed by atoms with van der Waals surface area (Å²) in [4.78, 5) is 33.9. The van der Waals surface area contributed by atoms with E-state index < -0.39 is 5.60 Å². The number of hydrogen-bond acceptors (Lipinski definition) is 5. The predicted octanol–water partition coefficient (Wildman–Crippen LogP) is 1.96. The highest BCUT2D eigenvalue weighted by Crippen LogP contribution is 2.10. The summed E-state index contributed by atoms with van der Waals surface area (Å²) in [5.74, 6) is 0.277. The van der Waals surface area contributed by atoms with Crippen molar-refractivity contribution < 1.29 is 14.3 Å². The third-order valence-corrected chi connectivity index (χ3v) is 3.37. The smallest absolute Gasteiger partial charge is 0.410 e. The molecule has 25 heavy (non-hydrogen) atoms. The molecule has 2 amide bonds. The van der Waals surface area contributed by atoms with Crippen LogP contribution in [0.2, 0.25) is 0 Å². The molecule has 0 aromatic carbocycles. The number of amides is 2. The zero-order valence-corrected chi connectivity index (χ0v) is 15.3. The van der Waals surface area contributed by atoms with Gasteiger partial charge < -0.3 is 15.0 Å². The second-order valence-electron chi connectivity index (χ2n) is 7.13. The number of carbonyl (C=O) groups excluding carboxylic acids is 2. The van der Waals surface area contributed by atoms with Crippen LogP contribution >= 0.6 is 0 Å². The molecule has 0 aliphatic rings. The summed E-state index contributed by atoms with van der Waals surface area (Å²) in [6.07, 6.45) is 4.66. The van der Waals surface area contributed by atoms with Gasteiger partial charge in [0.25, 0.3) is 5.91 Å². The second-order valence-corrected chi connectivity index (χ2v) is 7.13. The van der Waals surface area contributed by atoms with Crippen molar-refractivity contribution in [2.75, 3.05) is 20.1 Å². The molecule has 2 rings (SSSR count). The van der Waals surface area contributed by atoms with Crippen molar-refractivity contribution in [1.29, 1.82) is 0 Å². The Hall–Kier alpha value is -2.64. The molecule has 0 bridgehead atoms. The molecule has 1 unspecified atom stereocenters. The van der Waals surface area contributed by atoms with Gasteiger partial charge in [0, 0.05) is 38.7 Å². The quantitative estimate of drug-likeness (QED) is 0.893. The van der Waals surface area contributed by atoms with Crippen molar-refractivity contribution in [2.45, 2.75) is 33.3 Å². The first-order valence-electron chi connectivity index (χ1n) is 8.18. The summed E-state index contributed by atoms with van der Waals surface area (Å²) < 4.78 is 7.00. The van der Waals surface area contributed by atoms with Crippen molar-refractivity contribution in [2.24, 2.45) is 5.92 Å². The van der Waals surface area contributed by atoms with Gasteiger partial charge >= 0.3 is 6.09 Å². The van der Waals surface area contributed by atoms with E-state index in [2.05, 4.69) is 15.3 Å². The first-order valence-corrected chi connectivity index (χ1v) is 8.18. The number of nitrogens with zero attached hydrogens (tertiary/aromatic N) is 4. The Morgan fingerprint density at radius 2 is 2.12 bits per heavy atom. The highest BCUT2D eigenvalue weighted by atomic mass is 16.6. The number of rotatable bonds is 5.